The van der Waals surface area contributed by atoms with E-state index in [9.17, 15) is 4.21 Å². The standard InChI is InChI=1S/C11H18NOPS2/c1-10-5-7-11(8-6-10)16(13)12(2)9-14(3,4)15/h5-8H,9H2,1-4H3. The molecule has 0 radical (unpaired) electrons. The third-order valence-corrected chi connectivity index (χ3v) is 5.06. The van der Waals surface area contributed by atoms with Crippen molar-refractivity contribution < 1.29 is 4.21 Å². The second-order valence-corrected chi connectivity index (χ2v) is 12.4. The van der Waals surface area contributed by atoms with E-state index >= 15 is 0 Å². The van der Waals surface area contributed by atoms with Gasteiger partial charge in [-0.05, 0) is 38.4 Å². The first-order valence-electron chi connectivity index (χ1n) is 5.03. The van der Waals surface area contributed by atoms with E-state index in [1.54, 1.807) is 0 Å². The van der Waals surface area contributed by atoms with E-state index in [-0.39, 0.29) is 0 Å². The van der Waals surface area contributed by atoms with Gasteiger partial charge >= 0.3 is 0 Å². The first-order chi connectivity index (χ1) is 7.29. The first-order valence-corrected chi connectivity index (χ1v) is 10.0. The van der Waals surface area contributed by atoms with Crippen LogP contribution >= 0.6 is 6.04 Å². The van der Waals surface area contributed by atoms with Crippen LogP contribution < -0.4 is 0 Å². The van der Waals surface area contributed by atoms with Crippen LogP contribution in [0.3, 0.4) is 0 Å². The van der Waals surface area contributed by atoms with Crippen LogP contribution in [0, 0.1) is 6.92 Å². The molecule has 0 heterocycles. The predicted molar refractivity (Wildman–Crippen MR) is 76.4 cm³/mol. The van der Waals surface area contributed by atoms with E-state index in [1.807, 2.05) is 42.5 Å². The summed E-state index contributed by atoms with van der Waals surface area (Å²) in [5, 5.41) is 0. The fourth-order valence-electron chi connectivity index (χ4n) is 1.37. The molecule has 0 aliphatic carbocycles. The SMILES string of the molecule is Cc1ccc(S(=O)N(C)CP(C)(C)=S)cc1. The molecular weight excluding hydrogens is 257 g/mol. The predicted octanol–water partition coefficient (Wildman–Crippen LogP) is 2.65. The van der Waals surface area contributed by atoms with Crippen molar-refractivity contribution in [3.8, 4) is 0 Å². The maximum absolute atomic E-state index is 12.1. The summed E-state index contributed by atoms with van der Waals surface area (Å²) in [6.45, 7) is 6.17. The molecule has 0 bridgehead atoms. The second-order valence-electron chi connectivity index (χ2n) is 4.41. The quantitative estimate of drug-likeness (QED) is 0.787. The van der Waals surface area contributed by atoms with Gasteiger partial charge in [0, 0.05) is 13.3 Å². The van der Waals surface area contributed by atoms with Gasteiger partial charge in [-0.1, -0.05) is 29.5 Å². The summed E-state index contributed by atoms with van der Waals surface area (Å²) in [6.07, 6.45) is 0.739. The van der Waals surface area contributed by atoms with Crippen molar-refractivity contribution in [1.29, 1.82) is 0 Å². The molecule has 90 valence electrons. The molecule has 1 aromatic carbocycles. The Bertz CT molecular complexity index is 424. The lowest BCUT2D eigenvalue weighted by Gasteiger charge is -2.20. The minimum atomic E-state index is -1.34. The van der Waals surface area contributed by atoms with E-state index in [2.05, 4.69) is 13.3 Å². The summed E-state index contributed by atoms with van der Waals surface area (Å²) >= 11 is 5.39. The van der Waals surface area contributed by atoms with E-state index in [4.69, 9.17) is 11.8 Å². The van der Waals surface area contributed by atoms with Crippen molar-refractivity contribution in [2.45, 2.75) is 11.8 Å². The molecule has 2 nitrogen and oxygen atoms in total. The van der Waals surface area contributed by atoms with E-state index < -0.39 is 17.0 Å². The highest BCUT2D eigenvalue weighted by atomic mass is 32.4. The highest BCUT2D eigenvalue weighted by Crippen LogP contribution is 2.37. The maximum atomic E-state index is 12.1. The van der Waals surface area contributed by atoms with Crippen LogP contribution in [0.1, 0.15) is 5.56 Å². The molecule has 5 heteroatoms. The topological polar surface area (TPSA) is 20.3 Å². The van der Waals surface area contributed by atoms with Crippen LogP contribution in [0.25, 0.3) is 0 Å². The normalized spacial score (nSPS) is 14.1. The number of aryl methyl sites for hydroxylation is 1. The third kappa shape index (κ3) is 4.46. The number of hydrogen-bond donors (Lipinski definition) is 0. The van der Waals surface area contributed by atoms with Crippen LogP contribution in [-0.4, -0.2) is 35.2 Å². The lowest BCUT2D eigenvalue weighted by atomic mass is 10.2. The molecule has 0 saturated carbocycles. The molecule has 0 aliphatic heterocycles. The molecule has 16 heavy (non-hydrogen) atoms. The second kappa shape index (κ2) is 5.54. The first kappa shape index (κ1) is 14.0. The Morgan fingerprint density at radius 1 is 1.31 bits per heavy atom. The zero-order valence-electron chi connectivity index (χ0n) is 10.1. The monoisotopic (exact) mass is 275 g/mol. The lowest BCUT2D eigenvalue weighted by Crippen LogP contribution is -2.22. The third-order valence-electron chi connectivity index (χ3n) is 2.05. The van der Waals surface area contributed by atoms with E-state index in [0.29, 0.717) is 0 Å². The zero-order valence-corrected chi connectivity index (χ0v) is 12.7. The van der Waals surface area contributed by atoms with Crippen LogP contribution in [-0.2, 0) is 22.8 Å². The summed E-state index contributed by atoms with van der Waals surface area (Å²) < 4.78 is 14.0. The summed E-state index contributed by atoms with van der Waals surface area (Å²) in [5.41, 5.74) is 1.18. The van der Waals surface area contributed by atoms with Crippen molar-refractivity contribution in [3.63, 3.8) is 0 Å². The number of rotatable bonds is 4. The van der Waals surface area contributed by atoms with Gasteiger partial charge in [-0.3, -0.25) is 0 Å². The molecule has 1 atom stereocenters. The summed E-state index contributed by atoms with van der Waals surface area (Å²) in [4.78, 5) is 0.844. The highest BCUT2D eigenvalue weighted by Gasteiger charge is 2.14. The molecule has 0 N–H and O–H groups in total. The minimum absolute atomic E-state index is 0.739. The molecule has 0 amide bonds. The van der Waals surface area contributed by atoms with Gasteiger partial charge in [-0.15, -0.1) is 0 Å². The summed E-state index contributed by atoms with van der Waals surface area (Å²) in [5.74, 6) is 0. The average molecular weight is 275 g/mol. The van der Waals surface area contributed by atoms with Gasteiger partial charge < -0.3 is 0 Å². The minimum Gasteiger partial charge on any atom is -0.237 e. The molecule has 1 aromatic rings. The van der Waals surface area contributed by atoms with Crippen LogP contribution in [0.15, 0.2) is 29.2 Å². The Morgan fingerprint density at radius 2 is 1.81 bits per heavy atom. The van der Waals surface area contributed by atoms with Gasteiger partial charge in [-0.2, -0.15) is 0 Å². The maximum Gasteiger partial charge on any atom is 0.127 e. The highest BCUT2D eigenvalue weighted by molar-refractivity contribution is 8.14. The molecular formula is C11H18NOPS2. The van der Waals surface area contributed by atoms with Crippen molar-refractivity contribution in [2.75, 3.05) is 26.7 Å². The van der Waals surface area contributed by atoms with Crippen molar-refractivity contribution in [1.82, 2.24) is 4.31 Å². The van der Waals surface area contributed by atoms with Crippen LogP contribution in [0.5, 0.6) is 0 Å². The number of hydrogen-bond acceptors (Lipinski definition) is 2. The molecule has 0 aromatic heterocycles. The van der Waals surface area contributed by atoms with Gasteiger partial charge in [0.05, 0.1) is 4.90 Å². The Kier molecular flexibility index (Phi) is 4.87. The molecule has 0 saturated heterocycles. The van der Waals surface area contributed by atoms with Gasteiger partial charge in [0.1, 0.15) is 11.0 Å². The molecule has 0 aliphatic rings. The molecule has 0 fully saturated rings. The zero-order chi connectivity index (χ0) is 12.3. The smallest absolute Gasteiger partial charge is 0.127 e. The number of benzene rings is 1. The van der Waals surface area contributed by atoms with Gasteiger partial charge in [0.25, 0.3) is 0 Å². The average Bonchev–Trinajstić information content (AvgIpc) is 2.15. The van der Waals surface area contributed by atoms with E-state index in [0.717, 1.165) is 11.2 Å². The van der Waals surface area contributed by atoms with Gasteiger partial charge in [0.2, 0.25) is 0 Å². The summed E-state index contributed by atoms with van der Waals surface area (Å²) in [7, 11) is 0.777. The van der Waals surface area contributed by atoms with E-state index in [1.165, 1.54) is 5.56 Å². The van der Waals surface area contributed by atoms with Crippen LogP contribution in [0.2, 0.25) is 0 Å². The van der Waals surface area contributed by atoms with Gasteiger partial charge in [-0.25, -0.2) is 8.51 Å². The molecule has 1 rings (SSSR count). The van der Waals surface area contributed by atoms with Crippen molar-refractivity contribution in [2.24, 2.45) is 0 Å². The molecule has 1 unspecified atom stereocenters. The van der Waals surface area contributed by atoms with Gasteiger partial charge in [0.15, 0.2) is 0 Å². The largest absolute Gasteiger partial charge is 0.237 e. The molecule has 0 spiro atoms. The Hall–Kier alpha value is -0.0200. The Morgan fingerprint density at radius 3 is 2.25 bits per heavy atom. The fraction of sp³-hybridized carbons (Fsp3) is 0.455. The Balaban J connectivity index is 2.78. The summed E-state index contributed by atoms with van der Waals surface area (Å²) in [6, 6.07) is 6.45. The fourth-order valence-corrected chi connectivity index (χ4v) is 5.08. The van der Waals surface area contributed by atoms with Crippen LogP contribution in [0.4, 0.5) is 0 Å². The number of nitrogens with zero attached hydrogens (tertiary/aromatic N) is 1. The lowest BCUT2D eigenvalue weighted by molar-refractivity contribution is 0.587. The van der Waals surface area contributed by atoms with Crippen molar-refractivity contribution in [3.05, 3.63) is 29.8 Å². The van der Waals surface area contributed by atoms with Crippen molar-refractivity contribution >= 4 is 28.8 Å². The Labute approximate surface area is 106 Å².